The molecule has 0 aliphatic carbocycles. The monoisotopic (exact) mass is 369 g/mol. The standard InChI is InChI=1S/C19H19N3O3S/c1-13-6-8-14(9-7-13)19(25)21-20-17(23)10-11-22-15-4-2-3-5-16(15)26-12-18(22)24/h2-9H,10-12H2,1H3,(H,20,23)(H,21,25). The lowest BCUT2D eigenvalue weighted by molar-refractivity contribution is -0.121. The Bertz CT molecular complexity index is 836. The van der Waals surface area contributed by atoms with Crippen molar-refractivity contribution >= 4 is 35.2 Å². The van der Waals surface area contributed by atoms with Crippen LogP contribution in [0, 0.1) is 6.92 Å². The summed E-state index contributed by atoms with van der Waals surface area (Å²) < 4.78 is 0. The SMILES string of the molecule is Cc1ccc(C(=O)NNC(=O)CCN2C(=O)CSc3ccccc32)cc1. The Morgan fingerprint density at radius 2 is 1.81 bits per heavy atom. The second kappa shape index (κ2) is 8.05. The van der Waals surface area contributed by atoms with Crippen molar-refractivity contribution in [2.75, 3.05) is 17.2 Å². The maximum Gasteiger partial charge on any atom is 0.269 e. The number of carbonyl (C=O) groups excluding carboxylic acids is 3. The van der Waals surface area contributed by atoms with E-state index >= 15 is 0 Å². The molecule has 1 aliphatic heterocycles. The van der Waals surface area contributed by atoms with Crippen LogP contribution in [0.5, 0.6) is 0 Å². The fourth-order valence-corrected chi connectivity index (χ4v) is 3.51. The van der Waals surface area contributed by atoms with E-state index in [1.807, 2.05) is 43.3 Å². The zero-order valence-corrected chi connectivity index (χ0v) is 15.1. The number of hydrogen-bond acceptors (Lipinski definition) is 4. The van der Waals surface area contributed by atoms with Gasteiger partial charge in [0.15, 0.2) is 0 Å². The van der Waals surface area contributed by atoms with E-state index in [9.17, 15) is 14.4 Å². The van der Waals surface area contributed by atoms with Gasteiger partial charge in [0, 0.05) is 23.4 Å². The van der Waals surface area contributed by atoms with Gasteiger partial charge in [0.05, 0.1) is 11.4 Å². The van der Waals surface area contributed by atoms with Crippen molar-refractivity contribution in [1.29, 1.82) is 0 Å². The maximum atomic E-state index is 12.2. The van der Waals surface area contributed by atoms with Gasteiger partial charge >= 0.3 is 0 Å². The zero-order valence-electron chi connectivity index (χ0n) is 14.3. The highest BCUT2D eigenvalue weighted by molar-refractivity contribution is 8.00. The van der Waals surface area contributed by atoms with Gasteiger partial charge in [-0.2, -0.15) is 0 Å². The molecule has 134 valence electrons. The number of thioether (sulfide) groups is 1. The summed E-state index contributed by atoms with van der Waals surface area (Å²) in [5.41, 5.74) is 7.12. The highest BCUT2D eigenvalue weighted by atomic mass is 32.2. The summed E-state index contributed by atoms with van der Waals surface area (Å²) in [7, 11) is 0. The first-order chi connectivity index (χ1) is 12.5. The third kappa shape index (κ3) is 4.23. The van der Waals surface area contributed by atoms with Crippen molar-refractivity contribution in [3.63, 3.8) is 0 Å². The van der Waals surface area contributed by atoms with Crippen molar-refractivity contribution in [3.05, 3.63) is 59.7 Å². The van der Waals surface area contributed by atoms with Crippen LogP contribution >= 0.6 is 11.8 Å². The van der Waals surface area contributed by atoms with E-state index in [0.29, 0.717) is 11.3 Å². The lowest BCUT2D eigenvalue weighted by atomic mass is 10.1. The largest absolute Gasteiger partial charge is 0.310 e. The van der Waals surface area contributed by atoms with Crippen LogP contribution < -0.4 is 15.8 Å². The van der Waals surface area contributed by atoms with Crippen molar-refractivity contribution in [2.45, 2.75) is 18.2 Å². The van der Waals surface area contributed by atoms with Crippen LogP contribution in [-0.2, 0) is 9.59 Å². The van der Waals surface area contributed by atoms with E-state index in [0.717, 1.165) is 16.1 Å². The van der Waals surface area contributed by atoms with Crippen molar-refractivity contribution in [1.82, 2.24) is 10.9 Å². The third-order valence-electron chi connectivity index (χ3n) is 4.00. The number of nitrogens with zero attached hydrogens (tertiary/aromatic N) is 1. The molecule has 0 spiro atoms. The third-order valence-corrected chi connectivity index (χ3v) is 5.05. The summed E-state index contributed by atoms with van der Waals surface area (Å²) >= 11 is 1.50. The van der Waals surface area contributed by atoms with Gasteiger partial charge < -0.3 is 4.90 Å². The Balaban J connectivity index is 1.52. The number of benzene rings is 2. The van der Waals surface area contributed by atoms with Crippen molar-refractivity contribution < 1.29 is 14.4 Å². The number of fused-ring (bicyclic) bond motifs is 1. The zero-order chi connectivity index (χ0) is 18.5. The van der Waals surface area contributed by atoms with Gasteiger partial charge in [0.1, 0.15) is 0 Å². The topological polar surface area (TPSA) is 78.5 Å². The molecule has 1 heterocycles. The molecule has 2 aromatic rings. The first kappa shape index (κ1) is 18.0. The molecular formula is C19H19N3O3S. The molecule has 3 rings (SSSR count). The minimum atomic E-state index is -0.380. The molecule has 0 aromatic heterocycles. The maximum absolute atomic E-state index is 12.2. The molecule has 6 nitrogen and oxygen atoms in total. The average molecular weight is 369 g/mol. The fraction of sp³-hybridized carbons (Fsp3) is 0.211. The molecule has 7 heteroatoms. The first-order valence-electron chi connectivity index (χ1n) is 8.22. The number of amides is 3. The van der Waals surface area contributed by atoms with Crippen LogP contribution in [-0.4, -0.2) is 30.0 Å². The number of hydrogen-bond donors (Lipinski definition) is 2. The van der Waals surface area contributed by atoms with Crippen LogP contribution in [0.25, 0.3) is 0 Å². The Morgan fingerprint density at radius 3 is 2.58 bits per heavy atom. The minimum Gasteiger partial charge on any atom is -0.310 e. The number of carbonyl (C=O) groups is 3. The Labute approximate surface area is 155 Å². The number of nitrogens with one attached hydrogen (secondary N) is 2. The van der Waals surface area contributed by atoms with Gasteiger partial charge in [0.25, 0.3) is 5.91 Å². The van der Waals surface area contributed by atoms with Crippen LogP contribution in [0.15, 0.2) is 53.4 Å². The predicted octanol–water partition coefficient (Wildman–Crippen LogP) is 2.29. The van der Waals surface area contributed by atoms with E-state index in [2.05, 4.69) is 10.9 Å². The second-order valence-electron chi connectivity index (χ2n) is 5.92. The number of anilines is 1. The van der Waals surface area contributed by atoms with Crippen LogP contribution in [0.2, 0.25) is 0 Å². The lowest BCUT2D eigenvalue weighted by Gasteiger charge is -2.28. The molecule has 0 bridgehead atoms. The van der Waals surface area contributed by atoms with Gasteiger partial charge in [-0.25, -0.2) is 0 Å². The molecule has 0 unspecified atom stereocenters. The van der Waals surface area contributed by atoms with Gasteiger partial charge in [-0.15, -0.1) is 11.8 Å². The summed E-state index contributed by atoms with van der Waals surface area (Å²) in [6.07, 6.45) is 0.0961. The minimum absolute atomic E-state index is 0.0230. The van der Waals surface area contributed by atoms with Crippen molar-refractivity contribution in [2.24, 2.45) is 0 Å². The van der Waals surface area contributed by atoms with Crippen molar-refractivity contribution in [3.8, 4) is 0 Å². The summed E-state index contributed by atoms with van der Waals surface area (Å²) in [6, 6.07) is 14.7. The van der Waals surface area contributed by atoms with Crippen LogP contribution in [0.4, 0.5) is 5.69 Å². The van der Waals surface area contributed by atoms with E-state index in [1.54, 1.807) is 17.0 Å². The Hall–Kier alpha value is -2.80. The molecule has 2 aromatic carbocycles. The summed E-state index contributed by atoms with van der Waals surface area (Å²) in [5.74, 6) is -0.392. The van der Waals surface area contributed by atoms with Gasteiger partial charge in [0.2, 0.25) is 11.8 Å². The number of aryl methyl sites for hydroxylation is 1. The normalized spacial score (nSPS) is 13.1. The highest BCUT2D eigenvalue weighted by Gasteiger charge is 2.24. The molecule has 0 atom stereocenters. The van der Waals surface area contributed by atoms with E-state index < -0.39 is 0 Å². The van der Waals surface area contributed by atoms with Gasteiger partial charge in [-0.1, -0.05) is 29.8 Å². The molecular weight excluding hydrogens is 350 g/mol. The molecule has 3 amide bonds. The van der Waals surface area contributed by atoms with Crippen LogP contribution in [0.3, 0.4) is 0 Å². The van der Waals surface area contributed by atoms with Gasteiger partial charge in [-0.05, 0) is 31.2 Å². The second-order valence-corrected chi connectivity index (χ2v) is 6.94. The molecule has 0 fully saturated rings. The molecule has 2 N–H and O–H groups in total. The lowest BCUT2D eigenvalue weighted by Crippen LogP contribution is -2.44. The number of hydrazine groups is 1. The number of rotatable bonds is 4. The quantitative estimate of drug-likeness (QED) is 0.811. The summed E-state index contributed by atoms with van der Waals surface area (Å²) in [5, 5.41) is 0. The molecule has 0 saturated carbocycles. The van der Waals surface area contributed by atoms with Crippen LogP contribution in [0.1, 0.15) is 22.3 Å². The molecule has 26 heavy (non-hydrogen) atoms. The molecule has 1 aliphatic rings. The van der Waals surface area contributed by atoms with E-state index in [4.69, 9.17) is 0 Å². The Kier molecular flexibility index (Phi) is 5.58. The predicted molar refractivity (Wildman–Crippen MR) is 101 cm³/mol. The van der Waals surface area contributed by atoms with E-state index in [-0.39, 0.29) is 30.7 Å². The highest BCUT2D eigenvalue weighted by Crippen LogP contribution is 2.34. The molecule has 0 saturated heterocycles. The first-order valence-corrected chi connectivity index (χ1v) is 9.21. The molecule has 0 radical (unpaired) electrons. The summed E-state index contributed by atoms with van der Waals surface area (Å²) in [4.78, 5) is 38.8. The number of para-hydroxylation sites is 1. The Morgan fingerprint density at radius 1 is 1.08 bits per heavy atom. The smallest absolute Gasteiger partial charge is 0.269 e. The average Bonchev–Trinajstić information content (AvgIpc) is 2.66. The van der Waals surface area contributed by atoms with Gasteiger partial charge in [-0.3, -0.25) is 25.2 Å². The summed E-state index contributed by atoms with van der Waals surface area (Å²) in [6.45, 7) is 2.20. The van der Waals surface area contributed by atoms with E-state index in [1.165, 1.54) is 11.8 Å². The fourth-order valence-electron chi connectivity index (χ4n) is 2.58.